The third-order valence-electron chi connectivity index (χ3n) is 4.72. The molecule has 150 valence electrons. The van der Waals surface area contributed by atoms with E-state index in [1.165, 1.54) is 12.1 Å². The van der Waals surface area contributed by atoms with Crippen LogP contribution in [-0.2, 0) is 6.18 Å². The Bertz CT molecular complexity index is 829. The van der Waals surface area contributed by atoms with Crippen molar-refractivity contribution in [3.63, 3.8) is 0 Å². The third-order valence-corrected chi connectivity index (χ3v) is 5.01. The first kappa shape index (κ1) is 20.3. The van der Waals surface area contributed by atoms with E-state index in [9.17, 15) is 18.0 Å². The summed E-state index contributed by atoms with van der Waals surface area (Å²) in [6.45, 7) is 3.58. The number of carbonyl (C=O) groups is 1. The second kappa shape index (κ2) is 8.26. The second-order valence-electron chi connectivity index (χ2n) is 6.52. The predicted octanol–water partition coefficient (Wildman–Crippen LogP) is 4.89. The molecule has 1 fully saturated rings. The van der Waals surface area contributed by atoms with E-state index in [1.807, 2.05) is 11.8 Å². The molecule has 1 aliphatic heterocycles. The van der Waals surface area contributed by atoms with Gasteiger partial charge in [0.1, 0.15) is 5.82 Å². The highest BCUT2D eigenvalue weighted by molar-refractivity contribution is 6.32. The van der Waals surface area contributed by atoms with E-state index < -0.39 is 11.7 Å². The zero-order chi connectivity index (χ0) is 20.3. The summed E-state index contributed by atoms with van der Waals surface area (Å²) in [7, 11) is 0. The topological polar surface area (TPSA) is 48.5 Å². The number of piperazine rings is 1. The molecule has 0 bridgehead atoms. The number of benzene rings is 1. The van der Waals surface area contributed by atoms with Gasteiger partial charge in [-0.25, -0.2) is 9.78 Å². The number of aromatic nitrogens is 1. The number of hydrogen-bond acceptors (Lipinski definition) is 3. The summed E-state index contributed by atoms with van der Waals surface area (Å²) < 4.78 is 38.0. The summed E-state index contributed by atoms with van der Waals surface area (Å²) in [5.74, 6) is 0.686. The molecule has 3 rings (SSSR count). The van der Waals surface area contributed by atoms with Gasteiger partial charge >= 0.3 is 12.2 Å². The van der Waals surface area contributed by atoms with Crippen LogP contribution in [0.3, 0.4) is 0 Å². The van der Waals surface area contributed by atoms with Crippen LogP contribution in [0.2, 0.25) is 5.02 Å². The van der Waals surface area contributed by atoms with Gasteiger partial charge in [-0.05, 0) is 42.8 Å². The molecule has 2 aromatic rings. The highest BCUT2D eigenvalue weighted by Gasteiger charge is 2.32. The van der Waals surface area contributed by atoms with Crippen LogP contribution in [0.5, 0.6) is 0 Å². The summed E-state index contributed by atoms with van der Waals surface area (Å²) in [5.41, 5.74) is -0.430. The number of carbonyl (C=O) groups excluding carboxylic acids is 1. The van der Waals surface area contributed by atoms with Crippen molar-refractivity contribution in [2.75, 3.05) is 29.9 Å². The summed E-state index contributed by atoms with van der Waals surface area (Å²) in [5, 5.41) is 3.24. The Morgan fingerprint density at radius 1 is 1.25 bits per heavy atom. The number of hydrogen-bond donors (Lipinski definition) is 1. The first-order chi connectivity index (χ1) is 13.3. The smallest absolute Gasteiger partial charge is 0.352 e. The lowest BCUT2D eigenvalue weighted by molar-refractivity contribution is -0.137. The fraction of sp³-hybridized carbons (Fsp3) is 0.368. The molecule has 2 heterocycles. The Hall–Kier alpha value is -2.48. The van der Waals surface area contributed by atoms with E-state index in [2.05, 4.69) is 10.3 Å². The number of nitrogens with one attached hydrogen (secondary N) is 1. The zero-order valence-corrected chi connectivity index (χ0v) is 16.0. The summed E-state index contributed by atoms with van der Waals surface area (Å²) in [6.07, 6.45) is -2.01. The first-order valence-electron chi connectivity index (χ1n) is 8.90. The number of rotatable bonds is 3. The van der Waals surface area contributed by atoms with Crippen molar-refractivity contribution in [2.24, 2.45) is 0 Å². The molecule has 0 spiro atoms. The Labute approximate surface area is 166 Å². The Morgan fingerprint density at radius 3 is 2.57 bits per heavy atom. The van der Waals surface area contributed by atoms with Crippen molar-refractivity contribution < 1.29 is 18.0 Å². The second-order valence-corrected chi connectivity index (χ2v) is 6.92. The lowest BCUT2D eigenvalue weighted by Crippen LogP contribution is -2.56. The van der Waals surface area contributed by atoms with Crippen LogP contribution in [0, 0.1) is 0 Å². The van der Waals surface area contributed by atoms with Crippen LogP contribution in [0.1, 0.15) is 18.9 Å². The summed E-state index contributed by atoms with van der Waals surface area (Å²) in [4.78, 5) is 20.7. The lowest BCUT2D eigenvalue weighted by Gasteiger charge is -2.41. The molecule has 0 radical (unpaired) electrons. The summed E-state index contributed by atoms with van der Waals surface area (Å²) >= 11 is 6.22. The number of amides is 2. The molecule has 28 heavy (non-hydrogen) atoms. The zero-order valence-electron chi connectivity index (χ0n) is 15.2. The molecule has 1 N–H and O–H groups in total. The minimum Gasteiger partial charge on any atom is -0.352 e. The number of alkyl halides is 3. The van der Waals surface area contributed by atoms with Gasteiger partial charge in [-0.2, -0.15) is 13.2 Å². The highest BCUT2D eigenvalue weighted by atomic mass is 35.5. The quantitative estimate of drug-likeness (QED) is 0.781. The molecule has 1 aromatic carbocycles. The van der Waals surface area contributed by atoms with Gasteiger partial charge in [0.2, 0.25) is 0 Å². The molecule has 0 saturated carbocycles. The van der Waals surface area contributed by atoms with Crippen molar-refractivity contribution in [2.45, 2.75) is 25.6 Å². The van der Waals surface area contributed by atoms with Gasteiger partial charge in [0.15, 0.2) is 0 Å². The molecule has 1 saturated heterocycles. The minimum atomic E-state index is -4.40. The van der Waals surface area contributed by atoms with Crippen molar-refractivity contribution >= 4 is 29.1 Å². The number of anilines is 2. The van der Waals surface area contributed by atoms with Crippen molar-refractivity contribution in [1.29, 1.82) is 0 Å². The van der Waals surface area contributed by atoms with Crippen molar-refractivity contribution in [3.8, 4) is 0 Å². The average Bonchev–Trinajstić information content (AvgIpc) is 2.67. The van der Waals surface area contributed by atoms with Crippen LogP contribution >= 0.6 is 11.6 Å². The highest BCUT2D eigenvalue weighted by Crippen LogP contribution is 2.30. The number of nitrogens with zero attached hydrogens (tertiary/aromatic N) is 3. The molecule has 1 aliphatic rings. The number of pyridine rings is 1. The van der Waals surface area contributed by atoms with E-state index in [4.69, 9.17) is 11.6 Å². The average molecular weight is 413 g/mol. The van der Waals surface area contributed by atoms with E-state index >= 15 is 0 Å². The third kappa shape index (κ3) is 4.49. The molecule has 1 unspecified atom stereocenters. The fourth-order valence-electron chi connectivity index (χ4n) is 3.21. The standard InChI is InChI=1S/C19H20ClF3N4O/c1-2-15-12-26(17-16(20)4-3-9-24-17)10-11-27(15)18(28)25-14-7-5-13(6-8-14)19(21,22)23/h3-9,15H,2,10-12H2,1H3,(H,25,28). The molecular formula is C19H20ClF3N4O. The van der Waals surface area contributed by atoms with Gasteiger partial charge in [-0.1, -0.05) is 18.5 Å². The maximum absolute atomic E-state index is 12.7. The molecule has 5 nitrogen and oxygen atoms in total. The van der Waals surface area contributed by atoms with Gasteiger partial charge in [0, 0.05) is 31.5 Å². The monoisotopic (exact) mass is 412 g/mol. The molecular weight excluding hydrogens is 393 g/mol. The van der Waals surface area contributed by atoms with Crippen LogP contribution in [-0.4, -0.2) is 41.6 Å². The van der Waals surface area contributed by atoms with Gasteiger partial charge in [0.25, 0.3) is 0 Å². The number of urea groups is 1. The maximum atomic E-state index is 12.7. The van der Waals surface area contributed by atoms with Gasteiger partial charge in [0.05, 0.1) is 16.6 Å². The SMILES string of the molecule is CCC1CN(c2ncccc2Cl)CCN1C(=O)Nc1ccc(C(F)(F)F)cc1. The molecule has 2 amide bonds. The first-order valence-corrected chi connectivity index (χ1v) is 9.27. The van der Waals surface area contributed by atoms with E-state index in [0.29, 0.717) is 36.2 Å². The number of halogens is 4. The summed E-state index contributed by atoms with van der Waals surface area (Å²) in [6, 6.07) is 7.55. The van der Waals surface area contributed by atoms with E-state index in [0.717, 1.165) is 18.6 Å². The van der Waals surface area contributed by atoms with Gasteiger partial charge < -0.3 is 15.1 Å². The Morgan fingerprint density at radius 2 is 1.96 bits per heavy atom. The molecule has 0 aliphatic carbocycles. The van der Waals surface area contributed by atoms with Crippen LogP contribution in [0.15, 0.2) is 42.6 Å². The van der Waals surface area contributed by atoms with Crippen molar-refractivity contribution in [1.82, 2.24) is 9.88 Å². The van der Waals surface area contributed by atoms with E-state index in [1.54, 1.807) is 23.2 Å². The molecule has 1 aromatic heterocycles. The fourth-order valence-corrected chi connectivity index (χ4v) is 3.45. The Balaban J connectivity index is 1.66. The van der Waals surface area contributed by atoms with Crippen LogP contribution in [0.4, 0.5) is 29.5 Å². The van der Waals surface area contributed by atoms with Crippen LogP contribution < -0.4 is 10.2 Å². The van der Waals surface area contributed by atoms with E-state index in [-0.39, 0.29) is 12.1 Å². The van der Waals surface area contributed by atoms with Crippen molar-refractivity contribution in [3.05, 3.63) is 53.2 Å². The largest absolute Gasteiger partial charge is 0.416 e. The van der Waals surface area contributed by atoms with Crippen LogP contribution in [0.25, 0.3) is 0 Å². The maximum Gasteiger partial charge on any atom is 0.416 e. The van der Waals surface area contributed by atoms with Gasteiger partial charge in [-0.3, -0.25) is 0 Å². The lowest BCUT2D eigenvalue weighted by atomic mass is 10.1. The molecule has 9 heteroatoms. The predicted molar refractivity (Wildman–Crippen MR) is 103 cm³/mol. The normalized spacial score (nSPS) is 17.5. The Kier molecular flexibility index (Phi) is 5.98. The van der Waals surface area contributed by atoms with Gasteiger partial charge in [-0.15, -0.1) is 0 Å². The molecule has 1 atom stereocenters. The minimum absolute atomic E-state index is 0.0683.